The first-order chi connectivity index (χ1) is 15.8. The smallest absolute Gasteiger partial charge is 0.290 e. The summed E-state index contributed by atoms with van der Waals surface area (Å²) in [5.41, 5.74) is -0.481. The number of sulfonamides is 1. The highest BCUT2D eigenvalue weighted by molar-refractivity contribution is 7.89. The predicted octanol–water partition coefficient (Wildman–Crippen LogP) is 1.72. The van der Waals surface area contributed by atoms with E-state index in [9.17, 15) is 28.1 Å². The van der Waals surface area contributed by atoms with E-state index in [0.717, 1.165) is 23.2 Å². The standard InChI is InChI=1S/C21H24N4O7S/c26-20(17-7-3-4-10-24(17)21(27)18-8-5-15-32-18)22-11-13-23(14-12-22)33(30,31)19-9-2-1-6-16(19)25(28)29/h1-2,5-6,8-9,15,17H,3-4,7,10-14H2. The van der Waals surface area contributed by atoms with Crippen LogP contribution >= 0.6 is 0 Å². The van der Waals surface area contributed by atoms with Crippen molar-refractivity contribution in [2.45, 2.75) is 30.2 Å². The van der Waals surface area contributed by atoms with Crippen LogP contribution in [0.1, 0.15) is 29.8 Å². The molecule has 1 aromatic carbocycles. The van der Waals surface area contributed by atoms with Gasteiger partial charge < -0.3 is 14.2 Å². The van der Waals surface area contributed by atoms with Crippen molar-refractivity contribution < 1.29 is 27.3 Å². The first-order valence-corrected chi connectivity index (χ1v) is 12.1. The molecule has 33 heavy (non-hydrogen) atoms. The summed E-state index contributed by atoms with van der Waals surface area (Å²) in [6.45, 7) is 0.746. The van der Waals surface area contributed by atoms with Crippen molar-refractivity contribution in [1.82, 2.24) is 14.1 Å². The highest BCUT2D eigenvalue weighted by atomic mass is 32.2. The molecule has 0 bridgehead atoms. The number of piperidine rings is 1. The molecule has 2 fully saturated rings. The molecule has 2 amide bonds. The molecule has 176 valence electrons. The zero-order chi connectivity index (χ0) is 23.6. The molecule has 1 aromatic heterocycles. The number of nitro groups is 1. The molecule has 0 spiro atoms. The molecule has 11 nitrogen and oxygen atoms in total. The van der Waals surface area contributed by atoms with Gasteiger partial charge in [-0.2, -0.15) is 4.31 Å². The Morgan fingerprint density at radius 3 is 2.39 bits per heavy atom. The Bertz CT molecular complexity index is 1140. The molecule has 2 aliphatic rings. The summed E-state index contributed by atoms with van der Waals surface area (Å²) in [7, 11) is -4.09. The van der Waals surface area contributed by atoms with Crippen LogP contribution in [0.15, 0.2) is 52.0 Å². The van der Waals surface area contributed by atoms with Crippen molar-refractivity contribution in [2.75, 3.05) is 32.7 Å². The van der Waals surface area contributed by atoms with E-state index in [0.29, 0.717) is 13.0 Å². The normalized spacial score (nSPS) is 19.9. The first-order valence-electron chi connectivity index (χ1n) is 10.7. The quantitative estimate of drug-likeness (QED) is 0.474. The van der Waals surface area contributed by atoms with Gasteiger partial charge in [0, 0.05) is 38.8 Å². The Labute approximate surface area is 190 Å². The molecule has 0 saturated carbocycles. The number of benzene rings is 1. The van der Waals surface area contributed by atoms with Crippen LogP contribution < -0.4 is 0 Å². The van der Waals surface area contributed by atoms with Gasteiger partial charge >= 0.3 is 0 Å². The minimum absolute atomic E-state index is 0.0129. The molecule has 0 aliphatic carbocycles. The summed E-state index contributed by atoms with van der Waals surface area (Å²) < 4.78 is 32.4. The van der Waals surface area contributed by atoms with E-state index in [1.807, 2.05) is 0 Å². The summed E-state index contributed by atoms with van der Waals surface area (Å²) >= 11 is 0. The molecular formula is C21H24N4O7S. The maximum Gasteiger partial charge on any atom is 0.290 e. The molecule has 4 rings (SSSR count). The van der Waals surface area contributed by atoms with Crippen molar-refractivity contribution in [1.29, 1.82) is 0 Å². The molecule has 0 radical (unpaired) electrons. The second kappa shape index (κ2) is 9.32. The molecule has 2 aromatic rings. The summed E-state index contributed by atoms with van der Waals surface area (Å²) in [5.74, 6) is -0.386. The van der Waals surface area contributed by atoms with E-state index >= 15 is 0 Å². The highest BCUT2D eigenvalue weighted by Crippen LogP contribution is 2.28. The molecule has 1 unspecified atom stereocenters. The van der Waals surface area contributed by atoms with Gasteiger partial charge in [0.05, 0.1) is 11.2 Å². The topological polar surface area (TPSA) is 134 Å². The van der Waals surface area contributed by atoms with Gasteiger partial charge in [0.25, 0.3) is 11.6 Å². The van der Waals surface area contributed by atoms with E-state index in [1.165, 1.54) is 29.4 Å². The van der Waals surface area contributed by atoms with Crippen LogP contribution in [0.25, 0.3) is 0 Å². The Morgan fingerprint density at radius 1 is 1.00 bits per heavy atom. The number of furan rings is 1. The summed E-state index contributed by atoms with van der Waals surface area (Å²) in [6, 6.07) is 7.76. The van der Waals surface area contributed by atoms with Crippen molar-refractivity contribution in [3.8, 4) is 0 Å². The third kappa shape index (κ3) is 4.48. The number of rotatable bonds is 5. The SMILES string of the molecule is O=C(C1CCCCN1C(=O)c1ccco1)N1CCN(S(=O)(=O)c2ccccc2[N+](=O)[O-])CC1. The number of piperazine rings is 1. The monoisotopic (exact) mass is 476 g/mol. The molecule has 0 N–H and O–H groups in total. The van der Waals surface area contributed by atoms with Gasteiger partial charge in [-0.05, 0) is 37.5 Å². The van der Waals surface area contributed by atoms with E-state index < -0.39 is 26.7 Å². The summed E-state index contributed by atoms with van der Waals surface area (Å²) in [6.07, 6.45) is 3.53. The predicted molar refractivity (Wildman–Crippen MR) is 116 cm³/mol. The summed E-state index contributed by atoms with van der Waals surface area (Å²) in [5, 5.41) is 11.3. The van der Waals surface area contributed by atoms with Crippen LogP contribution in [0, 0.1) is 10.1 Å². The zero-order valence-electron chi connectivity index (χ0n) is 17.8. The Balaban J connectivity index is 1.45. The maximum absolute atomic E-state index is 13.3. The average molecular weight is 477 g/mol. The second-order valence-electron chi connectivity index (χ2n) is 7.94. The maximum atomic E-state index is 13.3. The van der Waals surface area contributed by atoms with Crippen molar-refractivity contribution in [2.24, 2.45) is 0 Å². The van der Waals surface area contributed by atoms with E-state index in [-0.39, 0.29) is 48.6 Å². The average Bonchev–Trinajstić information content (AvgIpc) is 3.38. The fourth-order valence-electron chi connectivity index (χ4n) is 4.30. The van der Waals surface area contributed by atoms with Crippen LogP contribution in [0.2, 0.25) is 0 Å². The Kier molecular flexibility index (Phi) is 6.47. The van der Waals surface area contributed by atoms with Gasteiger partial charge in [-0.25, -0.2) is 8.42 Å². The minimum atomic E-state index is -4.09. The lowest BCUT2D eigenvalue weighted by molar-refractivity contribution is -0.387. The highest BCUT2D eigenvalue weighted by Gasteiger charge is 2.39. The van der Waals surface area contributed by atoms with Crippen LogP contribution in [0.5, 0.6) is 0 Å². The van der Waals surface area contributed by atoms with Gasteiger partial charge in [-0.15, -0.1) is 0 Å². The van der Waals surface area contributed by atoms with Gasteiger partial charge in [0.15, 0.2) is 10.7 Å². The van der Waals surface area contributed by atoms with Crippen LogP contribution in [0.4, 0.5) is 5.69 Å². The lowest BCUT2D eigenvalue weighted by atomic mass is 10.00. The van der Waals surface area contributed by atoms with Crippen LogP contribution in [0.3, 0.4) is 0 Å². The lowest BCUT2D eigenvalue weighted by Gasteiger charge is -2.40. The molecule has 2 aliphatic heterocycles. The fourth-order valence-corrected chi connectivity index (χ4v) is 5.88. The third-order valence-corrected chi connectivity index (χ3v) is 7.96. The number of nitrogens with zero attached hydrogens (tertiary/aromatic N) is 4. The van der Waals surface area contributed by atoms with Gasteiger partial charge in [0.2, 0.25) is 15.9 Å². The molecular weight excluding hydrogens is 452 g/mol. The van der Waals surface area contributed by atoms with Gasteiger partial charge in [0.1, 0.15) is 6.04 Å². The molecule has 12 heteroatoms. The number of likely N-dealkylation sites (tertiary alicyclic amines) is 1. The van der Waals surface area contributed by atoms with Crippen molar-refractivity contribution in [3.63, 3.8) is 0 Å². The first kappa shape index (κ1) is 22.9. The number of para-hydroxylation sites is 1. The fraction of sp³-hybridized carbons (Fsp3) is 0.429. The number of hydrogen-bond acceptors (Lipinski definition) is 7. The minimum Gasteiger partial charge on any atom is -0.459 e. The number of nitro benzene ring substituents is 1. The number of carbonyl (C=O) groups is 2. The van der Waals surface area contributed by atoms with E-state index in [2.05, 4.69) is 0 Å². The number of amides is 2. The Morgan fingerprint density at radius 2 is 1.73 bits per heavy atom. The van der Waals surface area contributed by atoms with Gasteiger partial charge in [-0.3, -0.25) is 19.7 Å². The van der Waals surface area contributed by atoms with Crippen LogP contribution in [-0.2, 0) is 14.8 Å². The molecule has 2 saturated heterocycles. The Hall–Kier alpha value is -3.25. The third-order valence-electron chi connectivity index (χ3n) is 6.01. The number of hydrogen-bond donors (Lipinski definition) is 0. The second-order valence-corrected chi connectivity index (χ2v) is 9.85. The van der Waals surface area contributed by atoms with Crippen molar-refractivity contribution in [3.05, 3.63) is 58.5 Å². The van der Waals surface area contributed by atoms with Gasteiger partial charge in [-0.1, -0.05) is 12.1 Å². The lowest BCUT2D eigenvalue weighted by Crippen LogP contribution is -2.57. The number of carbonyl (C=O) groups excluding carboxylic acids is 2. The van der Waals surface area contributed by atoms with Crippen LogP contribution in [-0.4, -0.2) is 78.0 Å². The van der Waals surface area contributed by atoms with E-state index in [4.69, 9.17) is 4.42 Å². The largest absolute Gasteiger partial charge is 0.459 e. The molecule has 1 atom stereocenters. The summed E-state index contributed by atoms with van der Waals surface area (Å²) in [4.78, 5) is 39.3. The van der Waals surface area contributed by atoms with Crippen molar-refractivity contribution >= 4 is 27.5 Å². The molecule has 3 heterocycles. The van der Waals surface area contributed by atoms with E-state index in [1.54, 1.807) is 17.0 Å². The zero-order valence-corrected chi connectivity index (χ0v) is 18.6.